The number of hydrogen-bond donors (Lipinski definition) is 1. The molecule has 136 valence electrons. The van der Waals surface area contributed by atoms with E-state index in [1.54, 1.807) is 6.92 Å². The van der Waals surface area contributed by atoms with Crippen LogP contribution >= 0.6 is 12.2 Å². The fourth-order valence-corrected chi connectivity index (χ4v) is 4.19. The highest BCUT2D eigenvalue weighted by molar-refractivity contribution is 7.80. The summed E-state index contributed by atoms with van der Waals surface area (Å²) >= 11 is 5.67. The standard InChI is InChI=1S/C20H29N3OS/c1-15-5-3-4-6-19(15)21-20(25)23-13-11-22(12-14-23)18-9-7-17(8-10-18)16(2)24/h7-10,15,19H,3-6,11-14H2,1-2H3,(H,21,25)/t15-,19-/m1/s1. The van der Waals surface area contributed by atoms with Crippen molar-refractivity contribution in [3.8, 4) is 0 Å². The summed E-state index contributed by atoms with van der Waals surface area (Å²) in [6.07, 6.45) is 5.22. The molecule has 0 amide bonds. The normalized spacial score (nSPS) is 24.1. The van der Waals surface area contributed by atoms with Crippen molar-refractivity contribution in [1.82, 2.24) is 10.2 Å². The predicted octanol–water partition coefficient (Wildman–Crippen LogP) is 3.46. The van der Waals surface area contributed by atoms with E-state index < -0.39 is 0 Å². The first-order valence-corrected chi connectivity index (χ1v) is 9.87. The lowest BCUT2D eigenvalue weighted by Crippen LogP contribution is -2.54. The number of hydrogen-bond acceptors (Lipinski definition) is 3. The molecule has 3 rings (SSSR count). The Bertz CT molecular complexity index is 608. The maximum absolute atomic E-state index is 11.4. The van der Waals surface area contributed by atoms with Gasteiger partial charge in [-0.3, -0.25) is 4.79 Å². The molecule has 2 atom stereocenters. The van der Waals surface area contributed by atoms with Crippen molar-refractivity contribution >= 4 is 28.8 Å². The Morgan fingerprint density at radius 2 is 1.72 bits per heavy atom. The molecule has 0 bridgehead atoms. The van der Waals surface area contributed by atoms with Crippen molar-refractivity contribution in [2.45, 2.75) is 45.6 Å². The number of nitrogens with one attached hydrogen (secondary N) is 1. The van der Waals surface area contributed by atoms with Crippen molar-refractivity contribution in [2.75, 3.05) is 31.1 Å². The summed E-state index contributed by atoms with van der Waals surface area (Å²) in [6, 6.07) is 8.47. The van der Waals surface area contributed by atoms with E-state index in [-0.39, 0.29) is 5.78 Å². The number of nitrogens with zero attached hydrogens (tertiary/aromatic N) is 2. The SMILES string of the molecule is CC(=O)c1ccc(N2CCN(C(=S)N[C@@H]3CCCC[C@H]3C)CC2)cc1. The van der Waals surface area contributed by atoms with E-state index >= 15 is 0 Å². The molecule has 1 aromatic rings. The molecule has 0 spiro atoms. The van der Waals surface area contributed by atoms with Crippen molar-refractivity contribution in [3.05, 3.63) is 29.8 Å². The molecular weight excluding hydrogens is 330 g/mol. The average molecular weight is 360 g/mol. The Balaban J connectivity index is 1.51. The number of thiocarbonyl (C=S) groups is 1. The van der Waals surface area contributed by atoms with Crippen LogP contribution in [0.5, 0.6) is 0 Å². The van der Waals surface area contributed by atoms with Gasteiger partial charge in [0, 0.05) is 43.5 Å². The first-order valence-electron chi connectivity index (χ1n) is 9.46. The number of piperazine rings is 1. The van der Waals surface area contributed by atoms with Crippen LogP contribution in [0.4, 0.5) is 5.69 Å². The maximum Gasteiger partial charge on any atom is 0.169 e. The minimum atomic E-state index is 0.115. The number of Topliss-reactive ketones (excluding diaryl/α,β-unsaturated/α-hetero) is 1. The number of ketones is 1. The topological polar surface area (TPSA) is 35.6 Å². The number of anilines is 1. The van der Waals surface area contributed by atoms with Gasteiger partial charge < -0.3 is 15.1 Å². The third kappa shape index (κ3) is 4.51. The zero-order valence-corrected chi connectivity index (χ0v) is 16.1. The smallest absolute Gasteiger partial charge is 0.169 e. The largest absolute Gasteiger partial charge is 0.368 e. The minimum absolute atomic E-state index is 0.115. The van der Waals surface area contributed by atoms with Gasteiger partial charge in [-0.15, -0.1) is 0 Å². The van der Waals surface area contributed by atoms with Crippen molar-refractivity contribution in [2.24, 2.45) is 5.92 Å². The lowest BCUT2D eigenvalue weighted by atomic mass is 9.86. The van der Waals surface area contributed by atoms with Crippen molar-refractivity contribution in [3.63, 3.8) is 0 Å². The second-order valence-electron chi connectivity index (χ2n) is 7.39. The summed E-state index contributed by atoms with van der Waals surface area (Å²) in [7, 11) is 0. The molecule has 5 heteroatoms. The zero-order valence-electron chi connectivity index (χ0n) is 15.3. The monoisotopic (exact) mass is 359 g/mol. The molecule has 1 aliphatic heterocycles. The minimum Gasteiger partial charge on any atom is -0.368 e. The molecule has 2 fully saturated rings. The molecule has 1 aliphatic carbocycles. The number of benzene rings is 1. The van der Waals surface area contributed by atoms with Crippen LogP contribution in [0.1, 0.15) is 49.9 Å². The second kappa shape index (κ2) is 8.17. The molecule has 1 saturated carbocycles. The van der Waals surface area contributed by atoms with E-state index in [0.717, 1.165) is 36.9 Å². The van der Waals surface area contributed by atoms with Gasteiger partial charge in [-0.1, -0.05) is 19.8 Å². The molecule has 4 nitrogen and oxygen atoms in total. The van der Waals surface area contributed by atoms with Crippen molar-refractivity contribution in [1.29, 1.82) is 0 Å². The lowest BCUT2D eigenvalue weighted by Gasteiger charge is -2.39. The van der Waals surface area contributed by atoms with Gasteiger partial charge in [0.1, 0.15) is 0 Å². The van der Waals surface area contributed by atoms with E-state index in [0.29, 0.717) is 12.0 Å². The van der Waals surface area contributed by atoms with E-state index in [1.807, 2.05) is 24.3 Å². The van der Waals surface area contributed by atoms with Gasteiger partial charge in [-0.2, -0.15) is 0 Å². The highest BCUT2D eigenvalue weighted by atomic mass is 32.1. The highest BCUT2D eigenvalue weighted by Gasteiger charge is 2.25. The Morgan fingerprint density at radius 3 is 2.32 bits per heavy atom. The fraction of sp³-hybridized carbons (Fsp3) is 0.600. The molecule has 25 heavy (non-hydrogen) atoms. The van der Waals surface area contributed by atoms with E-state index in [4.69, 9.17) is 12.2 Å². The third-order valence-corrected chi connectivity index (χ3v) is 6.00. The molecule has 0 aromatic heterocycles. The maximum atomic E-state index is 11.4. The van der Waals surface area contributed by atoms with Gasteiger partial charge >= 0.3 is 0 Å². The summed E-state index contributed by atoms with van der Waals surface area (Å²) in [5, 5.41) is 4.54. The van der Waals surface area contributed by atoms with Crippen LogP contribution in [0, 0.1) is 5.92 Å². The van der Waals surface area contributed by atoms with Crippen LogP contribution in [-0.4, -0.2) is 48.0 Å². The van der Waals surface area contributed by atoms with Crippen molar-refractivity contribution < 1.29 is 4.79 Å². The van der Waals surface area contributed by atoms with Crippen LogP contribution in [0.15, 0.2) is 24.3 Å². The fourth-order valence-electron chi connectivity index (χ4n) is 3.86. The summed E-state index contributed by atoms with van der Waals surface area (Å²) in [5.41, 5.74) is 1.96. The lowest BCUT2D eigenvalue weighted by molar-refractivity contribution is 0.101. The van der Waals surface area contributed by atoms with Crippen LogP contribution < -0.4 is 10.2 Å². The quantitative estimate of drug-likeness (QED) is 0.660. The highest BCUT2D eigenvalue weighted by Crippen LogP contribution is 2.24. The van der Waals surface area contributed by atoms with Gasteiger partial charge in [0.2, 0.25) is 0 Å². The van der Waals surface area contributed by atoms with E-state index in [2.05, 4.69) is 22.0 Å². The molecule has 0 radical (unpaired) electrons. The van der Waals surface area contributed by atoms with Gasteiger partial charge in [-0.25, -0.2) is 0 Å². The summed E-state index contributed by atoms with van der Waals surface area (Å²) < 4.78 is 0. The number of rotatable bonds is 3. The van der Waals surface area contributed by atoms with Gasteiger partial charge in [0.25, 0.3) is 0 Å². The summed E-state index contributed by atoms with van der Waals surface area (Å²) in [4.78, 5) is 16.1. The summed E-state index contributed by atoms with van der Waals surface area (Å²) in [6.45, 7) is 7.75. The summed E-state index contributed by atoms with van der Waals surface area (Å²) in [5.74, 6) is 0.831. The second-order valence-corrected chi connectivity index (χ2v) is 7.78. The molecule has 0 unspecified atom stereocenters. The first kappa shape index (κ1) is 18.2. The Morgan fingerprint density at radius 1 is 1.08 bits per heavy atom. The molecule has 1 heterocycles. The van der Waals surface area contributed by atoms with Gasteiger partial charge in [-0.05, 0) is 62.2 Å². The zero-order chi connectivity index (χ0) is 17.8. The molecule has 1 saturated heterocycles. The molecular formula is C20H29N3OS. The van der Waals surface area contributed by atoms with Crippen LogP contribution in [0.3, 0.4) is 0 Å². The number of carbonyl (C=O) groups excluding carboxylic acids is 1. The van der Waals surface area contributed by atoms with Crippen LogP contribution in [-0.2, 0) is 0 Å². The Labute approximate surface area is 156 Å². The Hall–Kier alpha value is -1.62. The Kier molecular flexibility index (Phi) is 5.94. The third-order valence-electron chi connectivity index (χ3n) is 5.63. The van der Waals surface area contributed by atoms with Gasteiger partial charge in [0.15, 0.2) is 10.9 Å². The average Bonchev–Trinajstić information content (AvgIpc) is 2.64. The molecule has 1 aromatic carbocycles. The van der Waals surface area contributed by atoms with E-state index in [1.165, 1.54) is 31.4 Å². The van der Waals surface area contributed by atoms with Crippen LogP contribution in [0.25, 0.3) is 0 Å². The van der Waals surface area contributed by atoms with Crippen LogP contribution in [0.2, 0.25) is 0 Å². The van der Waals surface area contributed by atoms with Gasteiger partial charge in [0.05, 0.1) is 0 Å². The van der Waals surface area contributed by atoms with E-state index in [9.17, 15) is 4.79 Å². The first-order chi connectivity index (χ1) is 12.0. The predicted molar refractivity (Wildman–Crippen MR) is 107 cm³/mol. The molecule has 1 N–H and O–H groups in total. The molecule has 2 aliphatic rings. The number of carbonyl (C=O) groups is 1.